The van der Waals surface area contributed by atoms with Crippen molar-refractivity contribution in [2.75, 3.05) is 14.1 Å². The van der Waals surface area contributed by atoms with Gasteiger partial charge in [0.2, 0.25) is 11.8 Å². The predicted octanol–water partition coefficient (Wildman–Crippen LogP) is 5.83. The van der Waals surface area contributed by atoms with E-state index < -0.39 is 84.6 Å². The Morgan fingerprint density at radius 2 is 1.03 bits per heavy atom. The van der Waals surface area contributed by atoms with E-state index in [0.29, 0.717) is 22.5 Å². The SMILES string of the molecule is CC(C)[C@H](NC(=O)N(C)Cc1ccccn1)C(=O)N[C@@H](Cc1ccccc1)C[C@H](OC(=O)C(F)(F)F)[C@H](Cc1ccccc1)NC(=O)[C@@H](NC(=O)N(C)Cc1ccccn1)C(C)C. The minimum absolute atomic E-state index is 0.0737. The number of ether oxygens (including phenoxy) is 1. The fourth-order valence-corrected chi connectivity index (χ4v) is 6.75. The average molecular weight is 875 g/mol. The molecule has 0 bridgehead atoms. The molecule has 0 spiro atoms. The quantitative estimate of drug-likeness (QED) is 0.0804. The Labute approximate surface area is 366 Å². The summed E-state index contributed by atoms with van der Waals surface area (Å²) in [5.74, 6) is -4.79. The van der Waals surface area contributed by atoms with Crippen LogP contribution in [0.2, 0.25) is 0 Å². The van der Waals surface area contributed by atoms with Crippen LogP contribution in [0.5, 0.6) is 0 Å². The molecule has 2 aromatic carbocycles. The lowest BCUT2D eigenvalue weighted by Gasteiger charge is -2.34. The maximum atomic E-state index is 14.2. The lowest BCUT2D eigenvalue weighted by atomic mass is 9.92. The number of rotatable bonds is 20. The molecule has 0 saturated heterocycles. The summed E-state index contributed by atoms with van der Waals surface area (Å²) in [6.07, 6.45) is -4.32. The second kappa shape index (κ2) is 23.6. The second-order valence-corrected chi connectivity index (χ2v) is 16.1. The van der Waals surface area contributed by atoms with Gasteiger partial charge >= 0.3 is 24.2 Å². The number of amides is 6. The first-order chi connectivity index (χ1) is 29.9. The number of alkyl halides is 3. The van der Waals surface area contributed by atoms with Gasteiger partial charge in [0.25, 0.3) is 0 Å². The Morgan fingerprint density at radius 1 is 0.603 bits per heavy atom. The van der Waals surface area contributed by atoms with Crippen molar-refractivity contribution in [2.24, 2.45) is 11.8 Å². The fourth-order valence-electron chi connectivity index (χ4n) is 6.75. The van der Waals surface area contributed by atoms with Crippen molar-refractivity contribution in [1.29, 1.82) is 0 Å². The number of nitrogens with zero attached hydrogens (tertiary/aromatic N) is 4. The molecule has 4 N–H and O–H groups in total. The standard InChI is InChI=1S/C46H57F3N8O6/c1-30(2)39(54-44(61)56(5)28-34-21-13-15-23-50-34)41(58)52-36(25-32-17-9-7-10-18-32)27-38(63-43(60)46(47,48)49)37(26-33-19-11-8-12-20-33)53-42(59)40(31(3)4)55-45(62)57(6)29-35-22-14-16-24-51-35/h7-24,30-31,36-40H,25-29H2,1-6H3,(H,52,58)(H,53,59)(H,54,61)(H,55,62)/t36-,37-,38-,39-,40-/m0/s1. The molecule has 338 valence electrons. The van der Waals surface area contributed by atoms with Gasteiger partial charge in [0.1, 0.15) is 18.2 Å². The topological polar surface area (TPSA) is 175 Å². The number of urea groups is 2. The Kier molecular flexibility index (Phi) is 18.4. The van der Waals surface area contributed by atoms with Crippen LogP contribution in [-0.4, -0.2) is 100 Å². The van der Waals surface area contributed by atoms with E-state index in [1.807, 2.05) is 0 Å². The van der Waals surface area contributed by atoms with Crippen LogP contribution in [-0.2, 0) is 45.1 Å². The highest BCUT2D eigenvalue weighted by Crippen LogP contribution is 2.23. The van der Waals surface area contributed by atoms with Crippen molar-refractivity contribution < 1.29 is 41.9 Å². The predicted molar refractivity (Wildman–Crippen MR) is 230 cm³/mol. The van der Waals surface area contributed by atoms with E-state index in [0.717, 1.165) is 0 Å². The molecule has 2 aromatic heterocycles. The molecule has 6 amide bonds. The van der Waals surface area contributed by atoms with Crippen molar-refractivity contribution in [2.45, 2.75) is 96.5 Å². The zero-order chi connectivity index (χ0) is 46.1. The van der Waals surface area contributed by atoms with Crippen molar-refractivity contribution >= 4 is 29.8 Å². The molecule has 5 atom stereocenters. The number of carbonyl (C=O) groups excluding carboxylic acids is 5. The number of benzene rings is 2. The van der Waals surface area contributed by atoms with Crippen molar-refractivity contribution in [3.63, 3.8) is 0 Å². The Balaban J connectivity index is 1.67. The van der Waals surface area contributed by atoms with Crippen LogP contribution in [0.15, 0.2) is 109 Å². The molecule has 4 rings (SSSR count). The number of pyridine rings is 2. The normalized spacial score (nSPS) is 13.8. The maximum Gasteiger partial charge on any atom is 0.490 e. The summed E-state index contributed by atoms with van der Waals surface area (Å²) >= 11 is 0. The van der Waals surface area contributed by atoms with E-state index in [4.69, 9.17) is 4.74 Å². The Hall–Kier alpha value is -6.52. The molecular weight excluding hydrogens is 818 g/mol. The third-order valence-electron chi connectivity index (χ3n) is 10.2. The van der Waals surface area contributed by atoms with E-state index in [2.05, 4.69) is 31.2 Å². The molecule has 0 aliphatic carbocycles. The monoisotopic (exact) mass is 874 g/mol. The van der Waals surface area contributed by atoms with Crippen LogP contribution < -0.4 is 21.3 Å². The molecule has 0 aliphatic rings. The van der Waals surface area contributed by atoms with Gasteiger partial charge < -0.3 is 35.8 Å². The van der Waals surface area contributed by atoms with Crippen LogP contribution in [0.25, 0.3) is 0 Å². The van der Waals surface area contributed by atoms with Gasteiger partial charge in [0.15, 0.2) is 0 Å². The number of hydrogen-bond donors (Lipinski definition) is 4. The van der Waals surface area contributed by atoms with E-state index in [1.54, 1.807) is 144 Å². The molecular formula is C46H57F3N8O6. The molecule has 14 nitrogen and oxygen atoms in total. The Bertz CT molecular complexity index is 2060. The minimum Gasteiger partial charge on any atom is -0.453 e. The van der Waals surface area contributed by atoms with E-state index in [-0.39, 0.29) is 25.9 Å². The summed E-state index contributed by atoms with van der Waals surface area (Å²) in [5, 5.41) is 11.2. The van der Waals surface area contributed by atoms with Gasteiger partial charge in [-0.25, -0.2) is 14.4 Å². The molecule has 17 heteroatoms. The Morgan fingerprint density at radius 3 is 1.44 bits per heavy atom. The highest BCUT2D eigenvalue weighted by Gasteiger charge is 2.44. The second-order valence-electron chi connectivity index (χ2n) is 16.1. The fraction of sp³-hybridized carbons (Fsp3) is 0.413. The minimum atomic E-state index is -5.40. The summed E-state index contributed by atoms with van der Waals surface area (Å²) in [7, 11) is 3.08. The molecule has 0 saturated carbocycles. The van der Waals surface area contributed by atoms with Crippen molar-refractivity contribution in [3.8, 4) is 0 Å². The number of esters is 1. The van der Waals surface area contributed by atoms with Crippen LogP contribution in [0.4, 0.5) is 22.8 Å². The van der Waals surface area contributed by atoms with Crippen LogP contribution in [0.3, 0.4) is 0 Å². The van der Waals surface area contributed by atoms with Gasteiger partial charge in [-0.3, -0.25) is 19.6 Å². The number of aromatic nitrogens is 2. The van der Waals surface area contributed by atoms with Gasteiger partial charge in [0, 0.05) is 39.0 Å². The van der Waals surface area contributed by atoms with Gasteiger partial charge in [0.05, 0.1) is 30.5 Å². The zero-order valence-electron chi connectivity index (χ0n) is 36.3. The smallest absolute Gasteiger partial charge is 0.453 e. The number of carbonyl (C=O) groups is 5. The third kappa shape index (κ3) is 16.0. The first-order valence-electron chi connectivity index (χ1n) is 20.7. The molecule has 0 aliphatic heterocycles. The molecule has 4 aromatic rings. The van der Waals surface area contributed by atoms with Crippen molar-refractivity contribution in [3.05, 3.63) is 132 Å². The third-order valence-corrected chi connectivity index (χ3v) is 10.2. The highest BCUT2D eigenvalue weighted by atomic mass is 19.4. The lowest BCUT2D eigenvalue weighted by molar-refractivity contribution is -0.206. The summed E-state index contributed by atoms with van der Waals surface area (Å²) in [5.41, 5.74) is 2.52. The zero-order valence-corrected chi connectivity index (χ0v) is 36.3. The lowest BCUT2D eigenvalue weighted by Crippen LogP contribution is -2.58. The summed E-state index contributed by atoms with van der Waals surface area (Å²) in [6, 6.07) is 22.2. The van der Waals surface area contributed by atoms with E-state index in [9.17, 15) is 37.1 Å². The number of nitrogens with one attached hydrogen (secondary N) is 4. The van der Waals surface area contributed by atoms with Gasteiger partial charge in [-0.05, 0) is 60.1 Å². The first-order valence-corrected chi connectivity index (χ1v) is 20.7. The van der Waals surface area contributed by atoms with Crippen LogP contribution >= 0.6 is 0 Å². The van der Waals surface area contributed by atoms with Crippen LogP contribution in [0.1, 0.15) is 56.6 Å². The van der Waals surface area contributed by atoms with Crippen LogP contribution in [0, 0.1) is 11.8 Å². The van der Waals surface area contributed by atoms with E-state index >= 15 is 0 Å². The van der Waals surface area contributed by atoms with E-state index in [1.165, 1.54) is 16.8 Å². The van der Waals surface area contributed by atoms with Crippen molar-refractivity contribution in [1.82, 2.24) is 41.0 Å². The average Bonchev–Trinajstić information content (AvgIpc) is 3.24. The highest BCUT2D eigenvalue weighted by molar-refractivity contribution is 5.88. The molecule has 2 heterocycles. The van der Waals surface area contributed by atoms with Gasteiger partial charge in [-0.1, -0.05) is 100 Å². The molecule has 0 fully saturated rings. The molecule has 63 heavy (non-hydrogen) atoms. The summed E-state index contributed by atoms with van der Waals surface area (Å²) < 4.78 is 47.4. The summed E-state index contributed by atoms with van der Waals surface area (Å²) in [6.45, 7) is 7.14. The molecule has 0 unspecified atom stereocenters. The number of halogens is 3. The maximum absolute atomic E-state index is 14.2. The number of hydrogen-bond acceptors (Lipinski definition) is 8. The first kappa shape index (κ1) is 49.1. The largest absolute Gasteiger partial charge is 0.490 e. The van der Waals surface area contributed by atoms with Gasteiger partial charge in [-0.15, -0.1) is 0 Å². The summed E-state index contributed by atoms with van der Waals surface area (Å²) in [4.78, 5) is 79.1. The molecule has 0 radical (unpaired) electrons. The van der Waals surface area contributed by atoms with Gasteiger partial charge in [-0.2, -0.15) is 13.2 Å².